The molecule has 0 bridgehead atoms. The Kier molecular flexibility index (Phi) is 20.2. The molecule has 0 radical (unpaired) electrons. The zero-order valence-corrected chi connectivity index (χ0v) is 15.9. The second-order valence-corrected chi connectivity index (χ2v) is 8.45. The quantitative estimate of drug-likeness (QED) is 0.272. The SMILES string of the molecule is CS(=O)(=O)[O-].CS(=O)(=O)[O-].CS(=O)(=O)[O-].CS(=O)(=O)[O-].[Ti+4]. The van der Waals surface area contributed by atoms with Crippen LogP contribution in [0, 0.1) is 0 Å². The fourth-order valence-corrected chi connectivity index (χ4v) is 0. The molecule has 0 aromatic rings. The standard InChI is InChI=1S/4CH4O3S.Ti/c4*1-5(2,3)4;/h4*1H3,(H,2,3,4);/q;;;;+4/p-4. The molecule has 12 nitrogen and oxygen atoms in total. The summed E-state index contributed by atoms with van der Waals surface area (Å²) in [7, 11) is -15.7. The van der Waals surface area contributed by atoms with E-state index in [9.17, 15) is 0 Å². The number of hydrogen-bond acceptors (Lipinski definition) is 12. The molecule has 0 saturated heterocycles. The van der Waals surface area contributed by atoms with Crippen LogP contribution in [0.4, 0.5) is 0 Å². The maximum Gasteiger partial charge on any atom is 4.00 e. The van der Waals surface area contributed by atoms with Gasteiger partial charge in [-0.3, -0.25) is 0 Å². The summed E-state index contributed by atoms with van der Waals surface area (Å²) in [6.07, 6.45) is 2.42. The maximum atomic E-state index is 9.08. The first-order valence-electron chi connectivity index (χ1n) is 3.63. The van der Waals surface area contributed by atoms with E-state index in [0.29, 0.717) is 25.0 Å². The number of hydrogen-bond donors (Lipinski definition) is 0. The third-order valence-electron chi connectivity index (χ3n) is 0. The summed E-state index contributed by atoms with van der Waals surface area (Å²) >= 11 is 0. The van der Waals surface area contributed by atoms with Gasteiger partial charge in [0.15, 0.2) is 0 Å². The van der Waals surface area contributed by atoms with Gasteiger partial charge in [0.2, 0.25) is 0 Å². The van der Waals surface area contributed by atoms with Crippen LogP contribution in [0.1, 0.15) is 0 Å². The van der Waals surface area contributed by atoms with Crippen LogP contribution in [-0.4, -0.2) is 76.9 Å². The summed E-state index contributed by atoms with van der Waals surface area (Å²) in [5.41, 5.74) is 0. The van der Waals surface area contributed by atoms with Gasteiger partial charge in [0, 0.05) is 25.0 Å². The van der Waals surface area contributed by atoms with Crippen molar-refractivity contribution in [1.29, 1.82) is 0 Å². The van der Waals surface area contributed by atoms with Gasteiger partial charge in [-0.1, -0.05) is 0 Å². The zero-order chi connectivity index (χ0) is 18.0. The van der Waals surface area contributed by atoms with Crippen LogP contribution in [0.3, 0.4) is 0 Å². The van der Waals surface area contributed by atoms with E-state index in [1.807, 2.05) is 0 Å². The smallest absolute Gasteiger partial charge is 0.748 e. The van der Waals surface area contributed by atoms with Crippen LogP contribution in [0.15, 0.2) is 0 Å². The van der Waals surface area contributed by atoms with Gasteiger partial charge in [-0.05, 0) is 0 Å². The van der Waals surface area contributed by atoms with E-state index in [-0.39, 0.29) is 21.7 Å². The van der Waals surface area contributed by atoms with Gasteiger partial charge in [-0.25, -0.2) is 33.7 Å². The summed E-state index contributed by atoms with van der Waals surface area (Å²) in [6.45, 7) is 0. The van der Waals surface area contributed by atoms with Crippen molar-refractivity contribution >= 4 is 40.5 Å². The van der Waals surface area contributed by atoms with Crippen molar-refractivity contribution < 1.29 is 73.6 Å². The molecular formula is C4H12O12S4Ti. The molecule has 0 aliphatic heterocycles. The molecule has 0 saturated carbocycles. The Hall–Kier alpha value is 0.354. The van der Waals surface area contributed by atoms with Crippen molar-refractivity contribution in [2.24, 2.45) is 0 Å². The molecule has 0 rings (SSSR count). The van der Waals surface area contributed by atoms with Crippen LogP contribution in [0.5, 0.6) is 0 Å². The van der Waals surface area contributed by atoms with Gasteiger partial charge in [-0.2, -0.15) is 0 Å². The Labute approximate surface area is 138 Å². The molecule has 0 aliphatic rings. The molecule has 0 aliphatic carbocycles. The molecule has 0 fully saturated rings. The Balaban J connectivity index is -0.0000000533. The van der Waals surface area contributed by atoms with E-state index in [0.717, 1.165) is 0 Å². The van der Waals surface area contributed by atoms with E-state index in [2.05, 4.69) is 0 Å². The molecule has 0 aromatic heterocycles. The maximum absolute atomic E-state index is 9.08. The van der Waals surface area contributed by atoms with E-state index in [4.69, 9.17) is 51.9 Å². The second-order valence-electron chi connectivity index (χ2n) is 2.82. The average Bonchev–Trinajstić information content (AvgIpc) is 1.62. The second kappa shape index (κ2) is 12.9. The molecular weight excluding hydrogens is 416 g/mol. The Morgan fingerprint density at radius 1 is 0.429 bits per heavy atom. The van der Waals surface area contributed by atoms with Gasteiger partial charge in [-0.15, -0.1) is 0 Å². The normalized spacial score (nSPS) is 11.0. The van der Waals surface area contributed by atoms with E-state index in [1.54, 1.807) is 0 Å². The summed E-state index contributed by atoms with van der Waals surface area (Å²) in [4.78, 5) is 0. The van der Waals surface area contributed by atoms with Crippen LogP contribution in [0.2, 0.25) is 0 Å². The Bertz CT molecular complexity index is 486. The van der Waals surface area contributed by atoms with Gasteiger partial charge in [0.05, 0.1) is 40.5 Å². The van der Waals surface area contributed by atoms with Gasteiger partial charge in [0.25, 0.3) is 0 Å². The first-order valence-corrected chi connectivity index (χ1v) is 10.9. The molecule has 0 atom stereocenters. The molecule has 0 unspecified atom stereocenters. The minimum absolute atomic E-state index is 0. The Morgan fingerprint density at radius 2 is 0.429 bits per heavy atom. The fraction of sp³-hybridized carbons (Fsp3) is 1.00. The van der Waals surface area contributed by atoms with Crippen molar-refractivity contribution in [2.45, 2.75) is 0 Å². The van der Waals surface area contributed by atoms with Gasteiger partial charge in [0.1, 0.15) is 0 Å². The van der Waals surface area contributed by atoms with Crippen molar-refractivity contribution in [3.63, 3.8) is 0 Å². The third kappa shape index (κ3) is 54600. The van der Waals surface area contributed by atoms with Crippen LogP contribution < -0.4 is 0 Å². The molecule has 0 heterocycles. The molecule has 21 heavy (non-hydrogen) atoms. The van der Waals surface area contributed by atoms with Crippen molar-refractivity contribution in [3.05, 3.63) is 0 Å². The van der Waals surface area contributed by atoms with Crippen LogP contribution in [-0.2, 0) is 62.2 Å². The predicted molar refractivity (Wildman–Crippen MR) is 62.5 cm³/mol. The summed E-state index contributed by atoms with van der Waals surface area (Å²) < 4.78 is 109. The third-order valence-corrected chi connectivity index (χ3v) is 0. The Morgan fingerprint density at radius 3 is 0.429 bits per heavy atom. The van der Waals surface area contributed by atoms with Crippen LogP contribution in [0.25, 0.3) is 0 Å². The molecule has 0 N–H and O–H groups in total. The van der Waals surface area contributed by atoms with Crippen molar-refractivity contribution in [1.82, 2.24) is 0 Å². The molecule has 17 heteroatoms. The fourth-order valence-electron chi connectivity index (χ4n) is 0. The molecule has 0 spiro atoms. The summed E-state index contributed by atoms with van der Waals surface area (Å²) in [5, 5.41) is 0. The largest absolute Gasteiger partial charge is 4.00 e. The summed E-state index contributed by atoms with van der Waals surface area (Å²) in [6, 6.07) is 0. The topological polar surface area (TPSA) is 229 Å². The van der Waals surface area contributed by atoms with E-state index >= 15 is 0 Å². The summed E-state index contributed by atoms with van der Waals surface area (Å²) in [5.74, 6) is 0. The molecule has 0 aromatic carbocycles. The minimum atomic E-state index is -3.92. The van der Waals surface area contributed by atoms with Gasteiger partial charge < -0.3 is 18.2 Å². The first kappa shape index (κ1) is 33.1. The van der Waals surface area contributed by atoms with E-state index < -0.39 is 40.5 Å². The zero-order valence-electron chi connectivity index (χ0n) is 11.0. The van der Waals surface area contributed by atoms with Crippen molar-refractivity contribution in [2.75, 3.05) is 25.0 Å². The van der Waals surface area contributed by atoms with Gasteiger partial charge >= 0.3 is 21.7 Å². The first-order chi connectivity index (χ1) is 8.00. The van der Waals surface area contributed by atoms with Crippen LogP contribution >= 0.6 is 0 Å². The van der Waals surface area contributed by atoms with Crippen molar-refractivity contribution in [3.8, 4) is 0 Å². The molecule has 128 valence electrons. The minimum Gasteiger partial charge on any atom is -0.748 e. The predicted octanol–water partition coefficient (Wildman–Crippen LogP) is -3.36. The van der Waals surface area contributed by atoms with E-state index in [1.165, 1.54) is 0 Å². The average molecular weight is 428 g/mol. The number of rotatable bonds is 0. The molecule has 0 amide bonds. The monoisotopic (exact) mass is 428 g/mol.